The lowest BCUT2D eigenvalue weighted by Crippen LogP contribution is -2.31. The Balaban J connectivity index is 1.73. The summed E-state index contributed by atoms with van der Waals surface area (Å²) in [7, 11) is -3.41. The van der Waals surface area contributed by atoms with Gasteiger partial charge in [0.25, 0.3) is 0 Å². The molecule has 0 aliphatic rings. The van der Waals surface area contributed by atoms with E-state index in [1.807, 2.05) is 30.3 Å². The van der Waals surface area contributed by atoms with E-state index >= 15 is 0 Å². The first-order valence-corrected chi connectivity index (χ1v) is 8.70. The van der Waals surface area contributed by atoms with Crippen molar-refractivity contribution in [2.24, 2.45) is 0 Å². The number of benzene rings is 2. The number of aryl methyl sites for hydroxylation is 1. The van der Waals surface area contributed by atoms with Crippen LogP contribution in [0.1, 0.15) is 5.56 Å². The van der Waals surface area contributed by atoms with Crippen LogP contribution >= 0.6 is 0 Å². The highest BCUT2D eigenvalue weighted by Gasteiger charge is 2.10. The molecule has 4 nitrogen and oxygen atoms in total. The largest absolute Gasteiger partial charge is 0.492 e. The number of rotatable bonds is 8. The van der Waals surface area contributed by atoms with Gasteiger partial charge >= 0.3 is 0 Å². The molecule has 0 aliphatic carbocycles. The van der Waals surface area contributed by atoms with E-state index in [0.29, 0.717) is 6.42 Å². The highest BCUT2D eigenvalue weighted by atomic mass is 32.2. The number of hydrogen-bond donors (Lipinski definition) is 1. The quantitative estimate of drug-likeness (QED) is 0.751. The minimum absolute atomic E-state index is 0.0235. The molecule has 0 aromatic heterocycles. The summed E-state index contributed by atoms with van der Waals surface area (Å²) in [5.74, 6) is -1.85. The van der Waals surface area contributed by atoms with Crippen molar-refractivity contribution in [2.75, 3.05) is 18.9 Å². The first-order valence-electron chi connectivity index (χ1n) is 7.05. The standard InChI is InChI=1S/C16H17F2NO3S/c17-15-7-6-14(12-16(15)18)22-10-9-19-23(20,21)11-8-13-4-2-1-3-5-13/h1-7,12,19H,8-11H2. The van der Waals surface area contributed by atoms with E-state index in [4.69, 9.17) is 4.74 Å². The van der Waals surface area contributed by atoms with Gasteiger partial charge in [0, 0.05) is 12.6 Å². The van der Waals surface area contributed by atoms with Gasteiger partial charge in [-0.25, -0.2) is 21.9 Å². The summed E-state index contributed by atoms with van der Waals surface area (Å²) in [6.07, 6.45) is 0.417. The van der Waals surface area contributed by atoms with Gasteiger partial charge in [-0.05, 0) is 24.1 Å². The lowest BCUT2D eigenvalue weighted by atomic mass is 10.2. The van der Waals surface area contributed by atoms with Crippen molar-refractivity contribution >= 4 is 10.0 Å². The lowest BCUT2D eigenvalue weighted by Gasteiger charge is -2.09. The Morgan fingerprint density at radius 1 is 1.00 bits per heavy atom. The molecule has 7 heteroatoms. The predicted molar refractivity (Wildman–Crippen MR) is 83.8 cm³/mol. The van der Waals surface area contributed by atoms with Gasteiger partial charge in [0.2, 0.25) is 10.0 Å². The molecule has 1 N–H and O–H groups in total. The molecule has 124 valence electrons. The van der Waals surface area contributed by atoms with E-state index in [1.165, 1.54) is 6.07 Å². The normalized spacial score (nSPS) is 11.4. The second-order valence-electron chi connectivity index (χ2n) is 4.87. The molecule has 0 heterocycles. The van der Waals surface area contributed by atoms with Crippen molar-refractivity contribution in [1.82, 2.24) is 4.72 Å². The van der Waals surface area contributed by atoms with Crippen LogP contribution in [0.4, 0.5) is 8.78 Å². The highest BCUT2D eigenvalue weighted by molar-refractivity contribution is 7.89. The summed E-state index contributed by atoms with van der Waals surface area (Å²) in [6.45, 7) is 0.0752. The van der Waals surface area contributed by atoms with Crippen LogP contribution in [-0.4, -0.2) is 27.3 Å². The number of sulfonamides is 1. The maximum Gasteiger partial charge on any atom is 0.212 e. The van der Waals surface area contributed by atoms with E-state index in [-0.39, 0.29) is 24.7 Å². The third-order valence-corrected chi connectivity index (χ3v) is 4.47. The molecular formula is C16H17F2NO3S. The van der Waals surface area contributed by atoms with Crippen LogP contribution < -0.4 is 9.46 Å². The average molecular weight is 341 g/mol. The van der Waals surface area contributed by atoms with E-state index < -0.39 is 21.7 Å². The van der Waals surface area contributed by atoms with Crippen molar-refractivity contribution in [3.8, 4) is 5.75 Å². The molecule has 0 saturated carbocycles. The molecule has 0 spiro atoms. The third-order valence-electron chi connectivity index (χ3n) is 3.09. The fraction of sp³-hybridized carbons (Fsp3) is 0.250. The van der Waals surface area contributed by atoms with E-state index in [9.17, 15) is 17.2 Å². The van der Waals surface area contributed by atoms with Crippen LogP contribution in [0.25, 0.3) is 0 Å². The van der Waals surface area contributed by atoms with Crippen LogP contribution in [0, 0.1) is 11.6 Å². The zero-order chi connectivity index (χ0) is 16.7. The van der Waals surface area contributed by atoms with E-state index in [1.54, 1.807) is 0 Å². The number of nitrogens with one attached hydrogen (secondary N) is 1. The molecule has 2 rings (SSSR count). The molecule has 0 atom stereocenters. The molecule has 23 heavy (non-hydrogen) atoms. The third kappa shape index (κ3) is 5.96. The van der Waals surface area contributed by atoms with Gasteiger partial charge in [-0.15, -0.1) is 0 Å². The first-order chi connectivity index (χ1) is 11.0. The van der Waals surface area contributed by atoms with Crippen LogP contribution in [0.2, 0.25) is 0 Å². The van der Waals surface area contributed by atoms with Gasteiger partial charge in [-0.1, -0.05) is 30.3 Å². The number of ether oxygens (including phenoxy) is 1. The fourth-order valence-corrected chi connectivity index (χ4v) is 2.94. The van der Waals surface area contributed by atoms with Gasteiger partial charge in [-0.2, -0.15) is 0 Å². The zero-order valence-corrected chi connectivity index (χ0v) is 13.2. The molecule has 0 radical (unpaired) electrons. The molecule has 0 amide bonds. The van der Waals surface area contributed by atoms with Gasteiger partial charge in [-0.3, -0.25) is 0 Å². The van der Waals surface area contributed by atoms with E-state index in [0.717, 1.165) is 17.7 Å². The Morgan fingerprint density at radius 3 is 2.43 bits per heavy atom. The second kappa shape index (κ2) is 8.03. The Labute approximate surface area is 134 Å². The smallest absolute Gasteiger partial charge is 0.212 e. The van der Waals surface area contributed by atoms with Crippen LogP contribution in [0.3, 0.4) is 0 Å². The summed E-state index contributed by atoms with van der Waals surface area (Å²) in [4.78, 5) is 0. The summed E-state index contributed by atoms with van der Waals surface area (Å²) in [5, 5.41) is 0. The Bertz CT molecular complexity index is 736. The van der Waals surface area contributed by atoms with Crippen LogP contribution in [0.5, 0.6) is 5.75 Å². The Hall–Kier alpha value is -1.99. The predicted octanol–water partition coefficient (Wildman–Crippen LogP) is 2.51. The van der Waals surface area contributed by atoms with Gasteiger partial charge < -0.3 is 4.74 Å². The lowest BCUT2D eigenvalue weighted by molar-refractivity contribution is 0.319. The SMILES string of the molecule is O=S(=O)(CCc1ccccc1)NCCOc1ccc(F)c(F)c1. The molecule has 0 saturated heterocycles. The van der Waals surface area contributed by atoms with Crippen molar-refractivity contribution in [3.63, 3.8) is 0 Å². The molecule has 0 unspecified atom stereocenters. The van der Waals surface area contributed by atoms with Crippen molar-refractivity contribution in [3.05, 3.63) is 65.7 Å². The fourth-order valence-electron chi connectivity index (χ4n) is 1.90. The monoisotopic (exact) mass is 341 g/mol. The van der Waals surface area contributed by atoms with Crippen LogP contribution in [-0.2, 0) is 16.4 Å². The molecular weight excluding hydrogens is 324 g/mol. The highest BCUT2D eigenvalue weighted by Crippen LogP contribution is 2.15. The summed E-state index contributed by atoms with van der Waals surface area (Å²) >= 11 is 0. The second-order valence-corrected chi connectivity index (χ2v) is 6.80. The Morgan fingerprint density at radius 2 is 1.74 bits per heavy atom. The van der Waals surface area contributed by atoms with Crippen molar-refractivity contribution in [1.29, 1.82) is 0 Å². The average Bonchev–Trinajstić information content (AvgIpc) is 2.54. The maximum atomic E-state index is 13.0. The first kappa shape index (κ1) is 17.4. The van der Waals surface area contributed by atoms with E-state index in [2.05, 4.69) is 4.72 Å². The van der Waals surface area contributed by atoms with Crippen molar-refractivity contribution < 1.29 is 21.9 Å². The minimum Gasteiger partial charge on any atom is -0.492 e. The minimum atomic E-state index is -3.41. The molecule has 2 aromatic carbocycles. The van der Waals surface area contributed by atoms with Crippen LogP contribution in [0.15, 0.2) is 48.5 Å². The van der Waals surface area contributed by atoms with Crippen molar-refractivity contribution in [2.45, 2.75) is 6.42 Å². The molecule has 2 aromatic rings. The zero-order valence-electron chi connectivity index (χ0n) is 12.3. The molecule has 0 bridgehead atoms. The topological polar surface area (TPSA) is 55.4 Å². The van der Waals surface area contributed by atoms with Gasteiger partial charge in [0.15, 0.2) is 11.6 Å². The number of halogens is 2. The Kier molecular flexibility index (Phi) is 6.06. The summed E-state index contributed by atoms with van der Waals surface area (Å²) < 4.78 is 57.0. The van der Waals surface area contributed by atoms with Gasteiger partial charge in [0.1, 0.15) is 12.4 Å². The summed E-state index contributed by atoms with van der Waals surface area (Å²) in [6, 6.07) is 12.4. The van der Waals surface area contributed by atoms with Gasteiger partial charge in [0.05, 0.1) is 5.75 Å². The molecule has 0 aliphatic heterocycles. The summed E-state index contributed by atoms with van der Waals surface area (Å²) in [5.41, 5.74) is 0.941. The number of hydrogen-bond acceptors (Lipinski definition) is 3. The maximum absolute atomic E-state index is 13.0. The molecule has 0 fully saturated rings.